The van der Waals surface area contributed by atoms with Crippen molar-refractivity contribution in [2.45, 2.75) is 6.42 Å². The minimum Gasteiger partial charge on any atom is -0.382 e. The molecule has 1 aromatic rings. The fraction of sp³-hybridized carbons (Fsp3) is 0.500. The minimum absolute atomic E-state index is 0.0206. The van der Waals surface area contributed by atoms with E-state index < -0.39 is 4.92 Å². The second-order valence-electron chi connectivity index (χ2n) is 3.80. The molecule has 0 atom stereocenters. The van der Waals surface area contributed by atoms with Crippen molar-refractivity contribution in [1.82, 2.24) is 0 Å². The van der Waals surface area contributed by atoms with Crippen LogP contribution in [0.1, 0.15) is 6.42 Å². The molecule has 0 aliphatic heterocycles. The summed E-state index contributed by atoms with van der Waals surface area (Å²) >= 11 is 5.73. The quantitative estimate of drug-likeness (QED) is 0.430. The van der Waals surface area contributed by atoms with Gasteiger partial charge in [-0.1, -0.05) is 11.6 Å². The molecular weight excluding hydrogens is 272 g/mol. The lowest BCUT2D eigenvalue weighted by Crippen LogP contribution is -2.09. The van der Waals surface area contributed by atoms with Gasteiger partial charge in [0.15, 0.2) is 0 Å². The van der Waals surface area contributed by atoms with Crippen LogP contribution in [0.2, 0.25) is 5.02 Å². The third-order valence-corrected chi connectivity index (χ3v) is 2.60. The number of hydrogen-bond donors (Lipinski definition) is 1. The lowest BCUT2D eigenvalue weighted by Gasteiger charge is -2.07. The van der Waals surface area contributed by atoms with Gasteiger partial charge >= 0.3 is 0 Å². The van der Waals surface area contributed by atoms with Crippen LogP contribution in [-0.2, 0) is 9.47 Å². The van der Waals surface area contributed by atoms with Gasteiger partial charge in [-0.25, -0.2) is 0 Å². The third-order valence-electron chi connectivity index (χ3n) is 2.37. The van der Waals surface area contributed by atoms with Crippen molar-refractivity contribution in [3.05, 3.63) is 33.3 Å². The van der Waals surface area contributed by atoms with Gasteiger partial charge in [0.25, 0.3) is 5.69 Å². The highest BCUT2D eigenvalue weighted by Gasteiger charge is 2.13. The maximum absolute atomic E-state index is 10.8. The molecule has 0 aliphatic carbocycles. The van der Waals surface area contributed by atoms with Gasteiger partial charge in [-0.3, -0.25) is 10.1 Å². The van der Waals surface area contributed by atoms with Crippen molar-refractivity contribution in [3.63, 3.8) is 0 Å². The van der Waals surface area contributed by atoms with E-state index in [9.17, 15) is 10.1 Å². The zero-order valence-electron chi connectivity index (χ0n) is 10.7. The van der Waals surface area contributed by atoms with Crippen LogP contribution in [0.3, 0.4) is 0 Å². The SMILES string of the molecule is COCCOCCCNc1ccc(Cl)cc1[N+](=O)[O-]. The minimum atomic E-state index is -0.455. The van der Waals surface area contributed by atoms with E-state index in [0.717, 1.165) is 6.42 Å². The third kappa shape index (κ3) is 5.87. The summed E-state index contributed by atoms with van der Waals surface area (Å²) in [5.41, 5.74) is 0.444. The fourth-order valence-electron chi connectivity index (χ4n) is 1.45. The number of nitro groups is 1. The topological polar surface area (TPSA) is 73.6 Å². The van der Waals surface area contributed by atoms with Crippen molar-refractivity contribution >= 4 is 23.0 Å². The van der Waals surface area contributed by atoms with Gasteiger partial charge in [0.05, 0.1) is 18.1 Å². The maximum Gasteiger partial charge on any atom is 0.293 e. The molecule has 1 N–H and O–H groups in total. The summed E-state index contributed by atoms with van der Waals surface area (Å²) in [6.07, 6.45) is 0.753. The summed E-state index contributed by atoms with van der Waals surface area (Å²) in [5.74, 6) is 0. The summed E-state index contributed by atoms with van der Waals surface area (Å²) in [6.45, 7) is 2.29. The molecule has 106 valence electrons. The first-order chi connectivity index (χ1) is 9.15. The molecule has 19 heavy (non-hydrogen) atoms. The van der Waals surface area contributed by atoms with Crippen molar-refractivity contribution in [1.29, 1.82) is 0 Å². The lowest BCUT2D eigenvalue weighted by atomic mass is 10.2. The van der Waals surface area contributed by atoms with Gasteiger partial charge in [0.1, 0.15) is 5.69 Å². The van der Waals surface area contributed by atoms with Gasteiger partial charge in [0.2, 0.25) is 0 Å². The Hall–Kier alpha value is -1.37. The smallest absolute Gasteiger partial charge is 0.293 e. The molecule has 1 aromatic carbocycles. The molecule has 0 saturated carbocycles. The van der Waals surface area contributed by atoms with Crippen LogP contribution >= 0.6 is 11.6 Å². The van der Waals surface area contributed by atoms with Gasteiger partial charge in [-0.05, 0) is 18.6 Å². The number of anilines is 1. The molecule has 0 bridgehead atoms. The predicted molar refractivity (Wildman–Crippen MR) is 73.9 cm³/mol. The molecular formula is C12H17ClN2O4. The molecule has 7 heteroatoms. The van der Waals surface area contributed by atoms with E-state index in [0.29, 0.717) is 37.1 Å². The van der Waals surface area contributed by atoms with Crippen molar-refractivity contribution in [2.24, 2.45) is 0 Å². The fourth-order valence-corrected chi connectivity index (χ4v) is 1.61. The Bertz CT molecular complexity index is 415. The standard InChI is InChI=1S/C12H17ClN2O4/c1-18-7-8-19-6-2-5-14-11-4-3-10(13)9-12(11)15(16)17/h3-4,9,14H,2,5-8H2,1H3. The molecule has 0 saturated heterocycles. The van der Waals surface area contributed by atoms with E-state index in [4.69, 9.17) is 21.1 Å². The molecule has 0 spiro atoms. The number of halogens is 1. The van der Waals surface area contributed by atoms with Crippen LogP contribution in [0.25, 0.3) is 0 Å². The van der Waals surface area contributed by atoms with Crippen LogP contribution < -0.4 is 5.32 Å². The molecule has 6 nitrogen and oxygen atoms in total. The molecule has 0 unspecified atom stereocenters. The van der Waals surface area contributed by atoms with Crippen LogP contribution in [0, 0.1) is 10.1 Å². The Balaban J connectivity index is 2.35. The number of nitrogens with one attached hydrogen (secondary N) is 1. The second kappa shape index (κ2) is 8.68. The van der Waals surface area contributed by atoms with E-state index in [1.807, 2.05) is 0 Å². The molecule has 0 radical (unpaired) electrons. The summed E-state index contributed by atoms with van der Waals surface area (Å²) in [7, 11) is 1.62. The highest BCUT2D eigenvalue weighted by molar-refractivity contribution is 6.30. The number of hydrogen-bond acceptors (Lipinski definition) is 5. The zero-order valence-corrected chi connectivity index (χ0v) is 11.5. The highest BCUT2D eigenvalue weighted by atomic mass is 35.5. The Kier molecular flexibility index (Phi) is 7.17. The monoisotopic (exact) mass is 288 g/mol. The van der Waals surface area contributed by atoms with Crippen LogP contribution in [0.4, 0.5) is 11.4 Å². The molecule has 1 rings (SSSR count). The van der Waals surface area contributed by atoms with Gasteiger partial charge in [0, 0.05) is 31.4 Å². The second-order valence-corrected chi connectivity index (χ2v) is 4.24. The van der Waals surface area contributed by atoms with Gasteiger partial charge in [-0.15, -0.1) is 0 Å². The molecule has 0 amide bonds. The number of methoxy groups -OCH3 is 1. The Morgan fingerprint density at radius 2 is 2.16 bits per heavy atom. The van der Waals surface area contributed by atoms with E-state index >= 15 is 0 Å². The van der Waals surface area contributed by atoms with E-state index in [1.54, 1.807) is 19.2 Å². The average Bonchev–Trinajstić information content (AvgIpc) is 2.39. The number of rotatable bonds is 9. The summed E-state index contributed by atoms with van der Waals surface area (Å²) in [4.78, 5) is 10.4. The predicted octanol–water partition coefficient (Wildman–Crippen LogP) is 2.71. The normalized spacial score (nSPS) is 10.4. The number of benzene rings is 1. The first-order valence-corrected chi connectivity index (χ1v) is 6.27. The van der Waals surface area contributed by atoms with Crippen molar-refractivity contribution in [2.75, 3.05) is 38.8 Å². The van der Waals surface area contributed by atoms with Crippen molar-refractivity contribution in [3.8, 4) is 0 Å². The summed E-state index contributed by atoms with van der Waals surface area (Å²) in [6, 6.07) is 4.55. The number of nitrogens with zero attached hydrogens (tertiary/aromatic N) is 1. The Morgan fingerprint density at radius 1 is 1.37 bits per heavy atom. The van der Waals surface area contributed by atoms with Crippen LogP contribution in [-0.4, -0.2) is 38.4 Å². The van der Waals surface area contributed by atoms with Gasteiger partial charge < -0.3 is 14.8 Å². The first kappa shape index (κ1) is 15.7. The molecule has 0 heterocycles. The highest BCUT2D eigenvalue weighted by Crippen LogP contribution is 2.27. The largest absolute Gasteiger partial charge is 0.382 e. The molecule has 0 aliphatic rings. The summed E-state index contributed by atoms with van der Waals surface area (Å²) < 4.78 is 10.1. The molecule has 0 aromatic heterocycles. The number of ether oxygens (including phenoxy) is 2. The number of nitro benzene ring substituents is 1. The lowest BCUT2D eigenvalue weighted by molar-refractivity contribution is -0.383. The molecule has 0 fully saturated rings. The first-order valence-electron chi connectivity index (χ1n) is 5.89. The van der Waals surface area contributed by atoms with Crippen LogP contribution in [0.15, 0.2) is 18.2 Å². The summed E-state index contributed by atoms with van der Waals surface area (Å²) in [5, 5.41) is 14.2. The average molecular weight is 289 g/mol. The van der Waals surface area contributed by atoms with E-state index in [2.05, 4.69) is 5.32 Å². The zero-order chi connectivity index (χ0) is 14.1. The van der Waals surface area contributed by atoms with Crippen molar-refractivity contribution < 1.29 is 14.4 Å². The van der Waals surface area contributed by atoms with Crippen LogP contribution in [0.5, 0.6) is 0 Å². The Labute approximate surface area is 116 Å². The maximum atomic E-state index is 10.8. The Morgan fingerprint density at radius 3 is 2.84 bits per heavy atom. The van der Waals surface area contributed by atoms with E-state index in [-0.39, 0.29) is 5.69 Å². The van der Waals surface area contributed by atoms with Gasteiger partial charge in [-0.2, -0.15) is 0 Å². The van der Waals surface area contributed by atoms with E-state index in [1.165, 1.54) is 6.07 Å².